The molecule has 1 atom stereocenters. The second kappa shape index (κ2) is 7.46. The van der Waals surface area contributed by atoms with E-state index >= 15 is 0 Å². The summed E-state index contributed by atoms with van der Waals surface area (Å²) in [5.41, 5.74) is 2.49. The minimum absolute atomic E-state index is 0.382. The van der Waals surface area contributed by atoms with Crippen LogP contribution in [0.3, 0.4) is 0 Å². The zero-order valence-corrected chi connectivity index (χ0v) is 14.3. The van der Waals surface area contributed by atoms with Crippen LogP contribution in [0.1, 0.15) is 17.0 Å². The summed E-state index contributed by atoms with van der Waals surface area (Å²) in [6.07, 6.45) is 0.917. The van der Waals surface area contributed by atoms with E-state index in [9.17, 15) is 0 Å². The van der Waals surface area contributed by atoms with Gasteiger partial charge in [-0.05, 0) is 42.8 Å². The van der Waals surface area contributed by atoms with E-state index in [0.29, 0.717) is 16.0 Å². The number of hydrogen-bond acceptors (Lipinski definition) is 1. The highest BCUT2D eigenvalue weighted by molar-refractivity contribution is 9.10. The van der Waals surface area contributed by atoms with Gasteiger partial charge in [0.25, 0.3) is 0 Å². The van der Waals surface area contributed by atoms with E-state index in [1.54, 1.807) is 0 Å². The molecule has 1 N–H and O–H groups in total. The first-order valence-corrected chi connectivity index (χ1v) is 7.99. The molecule has 0 aliphatic rings. The maximum Gasteiger partial charge on any atom is 0.0595 e. The average molecular weight is 373 g/mol. The van der Waals surface area contributed by atoms with Crippen molar-refractivity contribution >= 4 is 39.1 Å². The number of hydrogen-bond donors (Lipinski definition) is 1. The lowest BCUT2D eigenvalue weighted by Gasteiger charge is -2.19. The number of likely N-dealkylation sites (N-methyl/N-ethyl adjacent to an activating group) is 1. The van der Waals surface area contributed by atoms with Gasteiger partial charge in [0.15, 0.2) is 0 Å². The molecule has 0 bridgehead atoms. The van der Waals surface area contributed by atoms with Crippen molar-refractivity contribution in [1.82, 2.24) is 5.32 Å². The molecule has 0 amide bonds. The molecule has 0 saturated carbocycles. The lowest BCUT2D eigenvalue weighted by Crippen LogP contribution is -2.19. The van der Waals surface area contributed by atoms with Gasteiger partial charge >= 0.3 is 0 Å². The fraction of sp³-hybridized carbons (Fsp3) is 0.250. The Bertz CT molecular complexity index is 586. The normalized spacial score (nSPS) is 12.4. The van der Waals surface area contributed by atoms with Crippen LogP contribution in [0.15, 0.2) is 46.9 Å². The Labute approximate surface area is 138 Å². The van der Waals surface area contributed by atoms with Crippen molar-refractivity contribution < 1.29 is 0 Å². The third-order valence-electron chi connectivity index (χ3n) is 3.26. The van der Waals surface area contributed by atoms with Crippen LogP contribution >= 0.6 is 39.1 Å². The average Bonchev–Trinajstić information content (AvgIpc) is 2.43. The number of nitrogens with one attached hydrogen (secondary N) is 1. The number of halogens is 3. The molecule has 2 aromatic rings. The standard InChI is InChI=1S/C16H16BrCl2N/c1-20-10-12(13-4-2-3-5-14(13)17)8-11-6-7-15(18)16(19)9-11/h2-7,9,12,20H,8,10H2,1H3. The van der Waals surface area contributed by atoms with Crippen LogP contribution in [-0.4, -0.2) is 13.6 Å². The fourth-order valence-electron chi connectivity index (χ4n) is 2.30. The summed E-state index contributed by atoms with van der Waals surface area (Å²) in [6, 6.07) is 14.2. The van der Waals surface area contributed by atoms with Crippen LogP contribution in [0.5, 0.6) is 0 Å². The van der Waals surface area contributed by atoms with Crippen molar-refractivity contribution in [2.24, 2.45) is 0 Å². The van der Waals surface area contributed by atoms with E-state index < -0.39 is 0 Å². The van der Waals surface area contributed by atoms with Gasteiger partial charge < -0.3 is 5.32 Å². The SMILES string of the molecule is CNCC(Cc1ccc(Cl)c(Cl)c1)c1ccccc1Br. The summed E-state index contributed by atoms with van der Waals surface area (Å²) in [6.45, 7) is 0.906. The van der Waals surface area contributed by atoms with Crippen molar-refractivity contribution in [3.63, 3.8) is 0 Å². The van der Waals surface area contributed by atoms with Crippen molar-refractivity contribution in [1.29, 1.82) is 0 Å². The van der Waals surface area contributed by atoms with E-state index in [0.717, 1.165) is 17.4 Å². The van der Waals surface area contributed by atoms with Crippen LogP contribution in [0, 0.1) is 0 Å². The Hall–Kier alpha value is -0.540. The first-order valence-electron chi connectivity index (χ1n) is 6.44. The molecule has 2 rings (SSSR count). The van der Waals surface area contributed by atoms with Crippen molar-refractivity contribution in [2.75, 3.05) is 13.6 Å². The van der Waals surface area contributed by atoms with Crippen LogP contribution < -0.4 is 5.32 Å². The van der Waals surface area contributed by atoms with Gasteiger partial charge in [-0.25, -0.2) is 0 Å². The Balaban J connectivity index is 2.25. The molecule has 0 aliphatic carbocycles. The van der Waals surface area contributed by atoms with Gasteiger partial charge in [-0.1, -0.05) is 63.4 Å². The highest BCUT2D eigenvalue weighted by Crippen LogP contribution is 2.29. The van der Waals surface area contributed by atoms with Crippen LogP contribution in [0.2, 0.25) is 10.0 Å². The van der Waals surface area contributed by atoms with E-state index in [2.05, 4.69) is 39.4 Å². The summed E-state index contributed by atoms with van der Waals surface area (Å²) >= 11 is 15.7. The van der Waals surface area contributed by atoms with Gasteiger partial charge in [0.05, 0.1) is 10.0 Å². The first kappa shape index (κ1) is 15.8. The monoisotopic (exact) mass is 371 g/mol. The molecule has 1 unspecified atom stereocenters. The molecule has 106 valence electrons. The molecule has 2 aromatic carbocycles. The lowest BCUT2D eigenvalue weighted by molar-refractivity contribution is 0.623. The molecule has 1 nitrogen and oxygen atoms in total. The molecule has 0 aromatic heterocycles. The highest BCUT2D eigenvalue weighted by atomic mass is 79.9. The predicted octanol–water partition coefficient (Wildman–Crippen LogP) is 5.30. The molecular formula is C16H16BrCl2N. The number of benzene rings is 2. The fourth-order valence-corrected chi connectivity index (χ4v) is 3.22. The van der Waals surface area contributed by atoms with Gasteiger partial charge in [0, 0.05) is 16.9 Å². The van der Waals surface area contributed by atoms with E-state index in [1.165, 1.54) is 11.1 Å². The lowest BCUT2D eigenvalue weighted by atomic mass is 9.92. The van der Waals surface area contributed by atoms with Gasteiger partial charge in [-0.15, -0.1) is 0 Å². The Morgan fingerprint density at radius 2 is 1.85 bits per heavy atom. The number of rotatable bonds is 5. The zero-order valence-electron chi connectivity index (χ0n) is 11.2. The van der Waals surface area contributed by atoms with Gasteiger partial charge in [0.2, 0.25) is 0 Å². The molecular weight excluding hydrogens is 357 g/mol. The molecule has 0 radical (unpaired) electrons. The summed E-state index contributed by atoms with van der Waals surface area (Å²) in [5, 5.41) is 4.47. The van der Waals surface area contributed by atoms with E-state index in [1.807, 2.05) is 31.3 Å². The van der Waals surface area contributed by atoms with Gasteiger partial charge in [-0.3, -0.25) is 0 Å². The summed E-state index contributed by atoms with van der Waals surface area (Å²) in [4.78, 5) is 0. The van der Waals surface area contributed by atoms with Crippen LogP contribution in [0.4, 0.5) is 0 Å². The van der Waals surface area contributed by atoms with Crippen molar-refractivity contribution in [2.45, 2.75) is 12.3 Å². The second-order valence-corrected chi connectivity index (χ2v) is 6.40. The van der Waals surface area contributed by atoms with E-state index in [4.69, 9.17) is 23.2 Å². The Morgan fingerprint density at radius 1 is 1.10 bits per heavy atom. The maximum atomic E-state index is 6.09. The second-order valence-electron chi connectivity index (χ2n) is 4.73. The zero-order chi connectivity index (χ0) is 14.5. The maximum absolute atomic E-state index is 6.09. The smallest absolute Gasteiger partial charge is 0.0595 e. The Kier molecular flexibility index (Phi) is 5.91. The molecule has 20 heavy (non-hydrogen) atoms. The summed E-state index contributed by atoms with van der Waals surface area (Å²) < 4.78 is 1.14. The largest absolute Gasteiger partial charge is 0.319 e. The quantitative estimate of drug-likeness (QED) is 0.750. The molecule has 4 heteroatoms. The Morgan fingerprint density at radius 3 is 2.50 bits per heavy atom. The van der Waals surface area contributed by atoms with E-state index in [-0.39, 0.29) is 0 Å². The third-order valence-corrected chi connectivity index (χ3v) is 4.72. The van der Waals surface area contributed by atoms with Crippen LogP contribution in [0.25, 0.3) is 0 Å². The topological polar surface area (TPSA) is 12.0 Å². The molecule has 0 saturated heterocycles. The molecule has 0 spiro atoms. The van der Waals surface area contributed by atoms with Crippen molar-refractivity contribution in [3.05, 3.63) is 68.1 Å². The first-order chi connectivity index (χ1) is 9.61. The highest BCUT2D eigenvalue weighted by Gasteiger charge is 2.15. The molecule has 0 heterocycles. The molecule has 0 fully saturated rings. The van der Waals surface area contributed by atoms with Gasteiger partial charge in [-0.2, -0.15) is 0 Å². The summed E-state index contributed by atoms with van der Waals surface area (Å²) in [5.74, 6) is 0.382. The van der Waals surface area contributed by atoms with Crippen LogP contribution in [-0.2, 0) is 6.42 Å². The third kappa shape index (κ3) is 3.98. The molecule has 0 aliphatic heterocycles. The van der Waals surface area contributed by atoms with Crippen molar-refractivity contribution in [3.8, 4) is 0 Å². The minimum Gasteiger partial charge on any atom is -0.319 e. The summed E-state index contributed by atoms with van der Waals surface area (Å²) in [7, 11) is 1.97. The van der Waals surface area contributed by atoms with Gasteiger partial charge in [0.1, 0.15) is 0 Å². The minimum atomic E-state index is 0.382. The predicted molar refractivity (Wildman–Crippen MR) is 91.0 cm³/mol.